The van der Waals surface area contributed by atoms with Gasteiger partial charge in [-0.25, -0.2) is 0 Å². The van der Waals surface area contributed by atoms with Crippen LogP contribution in [0.25, 0.3) is 0 Å². The van der Waals surface area contributed by atoms with Crippen LogP contribution in [0.5, 0.6) is 0 Å². The van der Waals surface area contributed by atoms with Crippen LogP contribution in [-0.2, 0) is 11.3 Å². The number of ether oxygens (including phenoxy) is 1. The summed E-state index contributed by atoms with van der Waals surface area (Å²) in [7, 11) is 1.95. The Morgan fingerprint density at radius 3 is 2.72 bits per heavy atom. The van der Waals surface area contributed by atoms with Gasteiger partial charge in [0, 0.05) is 24.8 Å². The molecule has 1 heterocycles. The molecule has 2 atom stereocenters. The van der Waals surface area contributed by atoms with E-state index in [1.54, 1.807) is 0 Å². The summed E-state index contributed by atoms with van der Waals surface area (Å²) in [4.78, 5) is 2.30. The number of aliphatic hydroxyl groups excluding tert-OH is 1. The van der Waals surface area contributed by atoms with Crippen molar-refractivity contribution >= 4 is 5.69 Å². The Labute approximate surface area is 109 Å². The van der Waals surface area contributed by atoms with Gasteiger partial charge in [-0.2, -0.15) is 0 Å². The summed E-state index contributed by atoms with van der Waals surface area (Å²) in [6, 6.07) is 8.92. The quantitative estimate of drug-likeness (QED) is 0.836. The van der Waals surface area contributed by atoms with Crippen molar-refractivity contribution in [3.63, 3.8) is 0 Å². The molecule has 2 N–H and O–H groups in total. The van der Waals surface area contributed by atoms with E-state index in [4.69, 9.17) is 4.74 Å². The van der Waals surface area contributed by atoms with E-state index in [0.29, 0.717) is 12.6 Å². The summed E-state index contributed by atoms with van der Waals surface area (Å²) >= 11 is 0. The molecule has 0 aliphatic carbocycles. The number of nitrogens with zero attached hydrogens (tertiary/aromatic N) is 1. The normalized spacial score (nSPS) is 24.3. The summed E-state index contributed by atoms with van der Waals surface area (Å²) in [5, 5.41) is 12.3. The maximum Gasteiger partial charge on any atom is 0.0981 e. The van der Waals surface area contributed by atoms with Crippen molar-refractivity contribution in [2.24, 2.45) is 0 Å². The molecule has 2 unspecified atom stereocenters. The third-order valence-electron chi connectivity index (χ3n) is 3.36. The summed E-state index contributed by atoms with van der Waals surface area (Å²) in [5.41, 5.74) is 2.48. The van der Waals surface area contributed by atoms with Gasteiger partial charge < -0.3 is 20.1 Å². The molecule has 1 aliphatic heterocycles. The number of nitrogens with one attached hydrogen (secondary N) is 1. The molecule has 0 saturated carbocycles. The van der Waals surface area contributed by atoms with E-state index in [-0.39, 0.29) is 12.7 Å². The minimum absolute atomic E-state index is 0.0711. The Hall–Kier alpha value is -1.10. The van der Waals surface area contributed by atoms with Crippen molar-refractivity contribution in [3.8, 4) is 0 Å². The Balaban J connectivity index is 2.08. The molecule has 0 radical (unpaired) electrons. The van der Waals surface area contributed by atoms with Crippen LogP contribution in [0.2, 0.25) is 0 Å². The lowest BCUT2D eigenvalue weighted by Crippen LogP contribution is -2.49. The molecule has 0 aromatic heterocycles. The fourth-order valence-corrected chi connectivity index (χ4v) is 2.30. The molecule has 1 aromatic rings. The first kappa shape index (κ1) is 13.3. The molecule has 1 aromatic carbocycles. The van der Waals surface area contributed by atoms with Crippen LogP contribution in [0.15, 0.2) is 24.3 Å². The molecule has 0 bridgehead atoms. The summed E-state index contributed by atoms with van der Waals surface area (Å²) in [5.74, 6) is 0. The van der Waals surface area contributed by atoms with Crippen LogP contribution in [0.3, 0.4) is 0 Å². The van der Waals surface area contributed by atoms with Gasteiger partial charge >= 0.3 is 0 Å². The molecule has 4 nitrogen and oxygen atoms in total. The van der Waals surface area contributed by atoms with Crippen molar-refractivity contribution < 1.29 is 9.84 Å². The number of rotatable bonds is 4. The predicted molar refractivity (Wildman–Crippen MR) is 72.8 cm³/mol. The molecule has 1 saturated heterocycles. The number of morpholine rings is 1. The first-order chi connectivity index (χ1) is 8.74. The van der Waals surface area contributed by atoms with Gasteiger partial charge in [-0.15, -0.1) is 0 Å². The molecule has 0 spiro atoms. The van der Waals surface area contributed by atoms with Crippen LogP contribution in [-0.4, -0.2) is 44.1 Å². The minimum Gasteiger partial charge on any atom is -0.394 e. The topological polar surface area (TPSA) is 44.7 Å². The van der Waals surface area contributed by atoms with E-state index in [0.717, 1.165) is 13.1 Å². The molecule has 18 heavy (non-hydrogen) atoms. The fourth-order valence-electron chi connectivity index (χ4n) is 2.30. The number of benzene rings is 1. The largest absolute Gasteiger partial charge is 0.394 e. The lowest BCUT2D eigenvalue weighted by molar-refractivity contribution is -0.0103. The molecule has 100 valence electrons. The standard InChI is InChI=1S/C14H22N2O2/c1-11-10-18-14(9-17)8-16(11)13-5-3-12(4-6-13)7-15-2/h3-6,11,14-15,17H,7-10H2,1-2H3. The van der Waals surface area contributed by atoms with E-state index in [2.05, 4.69) is 41.4 Å². The van der Waals surface area contributed by atoms with Crippen LogP contribution in [0, 0.1) is 0 Å². The van der Waals surface area contributed by atoms with Gasteiger partial charge in [0.2, 0.25) is 0 Å². The van der Waals surface area contributed by atoms with Gasteiger partial charge in [0.25, 0.3) is 0 Å². The molecule has 1 aliphatic rings. The van der Waals surface area contributed by atoms with E-state index in [9.17, 15) is 5.11 Å². The highest BCUT2D eigenvalue weighted by Crippen LogP contribution is 2.22. The second-order valence-corrected chi connectivity index (χ2v) is 4.84. The molecule has 2 rings (SSSR count). The predicted octanol–water partition coefficient (Wildman–Crippen LogP) is 0.992. The second-order valence-electron chi connectivity index (χ2n) is 4.84. The first-order valence-corrected chi connectivity index (χ1v) is 6.47. The van der Waals surface area contributed by atoms with E-state index < -0.39 is 0 Å². The maximum atomic E-state index is 9.20. The number of hydrogen-bond donors (Lipinski definition) is 2. The summed E-state index contributed by atoms with van der Waals surface area (Å²) < 4.78 is 5.55. The third-order valence-corrected chi connectivity index (χ3v) is 3.36. The summed E-state index contributed by atoms with van der Waals surface area (Å²) in [6.45, 7) is 4.54. The van der Waals surface area contributed by atoms with Gasteiger partial charge in [0.15, 0.2) is 0 Å². The lowest BCUT2D eigenvalue weighted by atomic mass is 10.1. The molecular formula is C14H22N2O2. The zero-order valence-electron chi connectivity index (χ0n) is 11.1. The zero-order valence-corrected chi connectivity index (χ0v) is 11.1. The first-order valence-electron chi connectivity index (χ1n) is 6.47. The average Bonchev–Trinajstić information content (AvgIpc) is 2.41. The van der Waals surface area contributed by atoms with Crippen molar-refractivity contribution in [2.45, 2.75) is 25.6 Å². The second kappa shape index (κ2) is 6.18. The average molecular weight is 250 g/mol. The molecule has 0 amide bonds. The fraction of sp³-hybridized carbons (Fsp3) is 0.571. The monoisotopic (exact) mass is 250 g/mol. The smallest absolute Gasteiger partial charge is 0.0981 e. The highest BCUT2D eigenvalue weighted by molar-refractivity contribution is 5.49. The van der Waals surface area contributed by atoms with E-state index in [1.165, 1.54) is 11.3 Å². The molecular weight excluding hydrogens is 228 g/mol. The zero-order chi connectivity index (χ0) is 13.0. The highest BCUT2D eigenvalue weighted by atomic mass is 16.5. The van der Waals surface area contributed by atoms with Gasteiger partial charge in [-0.1, -0.05) is 12.1 Å². The van der Waals surface area contributed by atoms with Gasteiger partial charge in [0.1, 0.15) is 0 Å². The summed E-state index contributed by atoms with van der Waals surface area (Å²) in [6.07, 6.45) is -0.0711. The molecule has 1 fully saturated rings. The van der Waals surface area contributed by atoms with Crippen molar-refractivity contribution in [1.29, 1.82) is 0 Å². The van der Waals surface area contributed by atoms with E-state index >= 15 is 0 Å². The highest BCUT2D eigenvalue weighted by Gasteiger charge is 2.25. The van der Waals surface area contributed by atoms with Gasteiger partial charge in [-0.05, 0) is 31.7 Å². The third kappa shape index (κ3) is 3.02. The Kier molecular flexibility index (Phi) is 4.58. The molecule has 4 heteroatoms. The maximum absolute atomic E-state index is 9.20. The number of aliphatic hydroxyl groups is 1. The van der Waals surface area contributed by atoms with Gasteiger partial charge in [0.05, 0.1) is 19.3 Å². The Bertz CT molecular complexity index is 367. The van der Waals surface area contributed by atoms with Crippen LogP contribution in [0.4, 0.5) is 5.69 Å². The van der Waals surface area contributed by atoms with Crippen LogP contribution >= 0.6 is 0 Å². The van der Waals surface area contributed by atoms with E-state index in [1.807, 2.05) is 7.05 Å². The van der Waals surface area contributed by atoms with Crippen molar-refractivity contribution in [1.82, 2.24) is 5.32 Å². The van der Waals surface area contributed by atoms with Crippen LogP contribution < -0.4 is 10.2 Å². The SMILES string of the molecule is CNCc1ccc(N2CC(CO)OCC2C)cc1. The Morgan fingerprint density at radius 2 is 2.11 bits per heavy atom. The van der Waals surface area contributed by atoms with Gasteiger partial charge in [-0.3, -0.25) is 0 Å². The number of hydrogen-bond acceptors (Lipinski definition) is 4. The number of anilines is 1. The van der Waals surface area contributed by atoms with Crippen molar-refractivity contribution in [2.75, 3.05) is 31.7 Å². The van der Waals surface area contributed by atoms with Crippen molar-refractivity contribution in [3.05, 3.63) is 29.8 Å². The Morgan fingerprint density at radius 1 is 1.39 bits per heavy atom. The minimum atomic E-state index is -0.0711. The van der Waals surface area contributed by atoms with Crippen LogP contribution in [0.1, 0.15) is 12.5 Å². The lowest BCUT2D eigenvalue weighted by Gasteiger charge is -2.39.